The van der Waals surface area contributed by atoms with Crippen molar-refractivity contribution in [1.82, 2.24) is 4.31 Å². The number of hydrogen-bond acceptors (Lipinski definition) is 4. The molecule has 1 atom stereocenters. The Kier molecular flexibility index (Phi) is 4.28. The van der Waals surface area contributed by atoms with Crippen LogP contribution >= 0.6 is 11.6 Å². The highest BCUT2D eigenvalue weighted by Gasteiger charge is 2.35. The smallest absolute Gasteiger partial charge is 0.334 e. The van der Waals surface area contributed by atoms with Crippen molar-refractivity contribution >= 4 is 27.6 Å². The predicted octanol–water partition coefficient (Wildman–Crippen LogP) is 0.953. The van der Waals surface area contributed by atoms with Crippen LogP contribution in [0.25, 0.3) is 0 Å². The van der Waals surface area contributed by atoms with Crippen LogP contribution in [-0.4, -0.2) is 49.6 Å². The molecule has 0 bridgehead atoms. The van der Waals surface area contributed by atoms with Gasteiger partial charge in [-0.2, -0.15) is 4.31 Å². The first kappa shape index (κ1) is 15.2. The maximum absolute atomic E-state index is 13.2. The molecule has 1 aliphatic rings. The second kappa shape index (κ2) is 5.65. The van der Waals surface area contributed by atoms with Gasteiger partial charge in [0.25, 0.3) is 0 Å². The van der Waals surface area contributed by atoms with Gasteiger partial charge in [0.15, 0.2) is 6.10 Å². The predicted molar refractivity (Wildman–Crippen MR) is 67.5 cm³/mol. The molecule has 0 radical (unpaired) electrons. The number of hydrogen-bond donors (Lipinski definition) is 1. The molecular weight excluding hydrogens is 313 g/mol. The van der Waals surface area contributed by atoms with Crippen LogP contribution in [0, 0.1) is 5.82 Å². The van der Waals surface area contributed by atoms with E-state index in [1.165, 1.54) is 0 Å². The average molecular weight is 324 g/mol. The molecule has 2 rings (SSSR count). The number of ether oxygens (including phenoxy) is 1. The molecule has 0 saturated carbocycles. The van der Waals surface area contributed by atoms with Crippen molar-refractivity contribution < 1.29 is 27.4 Å². The summed E-state index contributed by atoms with van der Waals surface area (Å²) in [6.07, 6.45) is -1.24. The Morgan fingerprint density at radius 1 is 1.50 bits per heavy atom. The van der Waals surface area contributed by atoms with Gasteiger partial charge >= 0.3 is 5.97 Å². The van der Waals surface area contributed by atoms with Crippen molar-refractivity contribution in [3.63, 3.8) is 0 Å². The summed E-state index contributed by atoms with van der Waals surface area (Å²) < 4.78 is 43.8. The molecule has 1 aromatic rings. The molecule has 6 nitrogen and oxygen atoms in total. The van der Waals surface area contributed by atoms with Crippen molar-refractivity contribution in [3.8, 4) is 0 Å². The molecule has 0 aromatic heterocycles. The Labute approximate surface area is 119 Å². The Balaban J connectivity index is 2.35. The average Bonchev–Trinajstić information content (AvgIpc) is 2.41. The highest BCUT2D eigenvalue weighted by molar-refractivity contribution is 7.89. The van der Waals surface area contributed by atoms with E-state index in [1.54, 1.807) is 0 Å². The Morgan fingerprint density at radius 3 is 2.85 bits per heavy atom. The number of carboxylic acids is 1. The molecule has 1 N–H and O–H groups in total. The topological polar surface area (TPSA) is 83.9 Å². The number of halogens is 2. The quantitative estimate of drug-likeness (QED) is 0.895. The highest BCUT2D eigenvalue weighted by Crippen LogP contribution is 2.26. The summed E-state index contributed by atoms with van der Waals surface area (Å²) in [5.41, 5.74) is 0. The summed E-state index contributed by atoms with van der Waals surface area (Å²) in [7, 11) is -4.06. The van der Waals surface area contributed by atoms with E-state index in [2.05, 4.69) is 0 Å². The molecule has 1 heterocycles. The summed E-state index contributed by atoms with van der Waals surface area (Å²) >= 11 is 5.78. The molecule has 1 unspecified atom stereocenters. The number of nitrogens with zero attached hydrogens (tertiary/aromatic N) is 1. The zero-order valence-electron chi connectivity index (χ0n) is 10.1. The second-order valence-corrected chi connectivity index (χ2v) is 6.45. The van der Waals surface area contributed by atoms with Crippen LogP contribution in [-0.2, 0) is 19.6 Å². The lowest BCUT2D eigenvalue weighted by atomic mass is 10.3. The molecule has 0 spiro atoms. The molecule has 110 valence electrons. The van der Waals surface area contributed by atoms with Crippen LogP contribution in [0.15, 0.2) is 23.1 Å². The normalized spacial score (nSPS) is 20.8. The van der Waals surface area contributed by atoms with Gasteiger partial charge in [0.1, 0.15) is 10.7 Å². The van der Waals surface area contributed by atoms with E-state index in [9.17, 15) is 17.6 Å². The van der Waals surface area contributed by atoms with Gasteiger partial charge in [-0.1, -0.05) is 11.6 Å². The number of sulfonamides is 1. The van der Waals surface area contributed by atoms with Gasteiger partial charge in [-0.05, 0) is 18.2 Å². The summed E-state index contributed by atoms with van der Waals surface area (Å²) in [6, 6.07) is 2.99. The SMILES string of the molecule is O=C(O)C1CN(S(=O)(=O)c2cc(F)ccc2Cl)CCO1. The van der Waals surface area contributed by atoms with Gasteiger partial charge < -0.3 is 9.84 Å². The Hall–Kier alpha value is -1.22. The first-order valence-electron chi connectivity index (χ1n) is 5.62. The zero-order valence-corrected chi connectivity index (χ0v) is 11.7. The summed E-state index contributed by atoms with van der Waals surface area (Å²) in [5.74, 6) is -1.99. The number of benzene rings is 1. The fourth-order valence-corrected chi connectivity index (χ4v) is 3.72. The van der Waals surface area contributed by atoms with Crippen molar-refractivity contribution in [2.75, 3.05) is 19.7 Å². The second-order valence-electron chi connectivity index (χ2n) is 4.14. The molecule has 1 aromatic carbocycles. The maximum atomic E-state index is 13.2. The van der Waals surface area contributed by atoms with Crippen molar-refractivity contribution in [2.45, 2.75) is 11.0 Å². The minimum Gasteiger partial charge on any atom is -0.479 e. The van der Waals surface area contributed by atoms with Crippen molar-refractivity contribution in [2.24, 2.45) is 0 Å². The minimum atomic E-state index is -4.06. The monoisotopic (exact) mass is 323 g/mol. The molecule has 0 aliphatic carbocycles. The fourth-order valence-electron chi connectivity index (χ4n) is 1.81. The number of carboxylic acid groups (broad SMARTS) is 1. The van der Waals surface area contributed by atoms with Gasteiger partial charge in [-0.25, -0.2) is 17.6 Å². The lowest BCUT2D eigenvalue weighted by Gasteiger charge is -2.30. The van der Waals surface area contributed by atoms with Crippen LogP contribution < -0.4 is 0 Å². The van der Waals surface area contributed by atoms with Crippen LogP contribution in [0.3, 0.4) is 0 Å². The lowest BCUT2D eigenvalue weighted by Crippen LogP contribution is -2.48. The summed E-state index contributed by atoms with van der Waals surface area (Å²) in [4.78, 5) is 10.5. The third-order valence-electron chi connectivity index (χ3n) is 2.82. The van der Waals surface area contributed by atoms with Crippen LogP contribution in [0.5, 0.6) is 0 Å². The van der Waals surface area contributed by atoms with Crippen LogP contribution in [0.2, 0.25) is 5.02 Å². The van der Waals surface area contributed by atoms with Gasteiger partial charge in [0.05, 0.1) is 18.2 Å². The molecule has 0 amide bonds. The van der Waals surface area contributed by atoms with Crippen LogP contribution in [0.1, 0.15) is 0 Å². The summed E-state index contributed by atoms with van der Waals surface area (Å²) in [6.45, 7) is -0.410. The zero-order chi connectivity index (χ0) is 14.9. The third-order valence-corrected chi connectivity index (χ3v) is 5.16. The van der Waals surface area contributed by atoms with E-state index >= 15 is 0 Å². The van der Waals surface area contributed by atoms with E-state index in [1.807, 2.05) is 0 Å². The first-order chi connectivity index (χ1) is 9.32. The van der Waals surface area contributed by atoms with E-state index in [4.69, 9.17) is 21.4 Å². The fraction of sp³-hybridized carbons (Fsp3) is 0.364. The van der Waals surface area contributed by atoms with Gasteiger partial charge in [-0.3, -0.25) is 0 Å². The number of rotatable bonds is 3. The molecule has 9 heteroatoms. The Bertz CT molecular complexity index is 636. The van der Waals surface area contributed by atoms with Crippen molar-refractivity contribution in [1.29, 1.82) is 0 Å². The number of carbonyl (C=O) groups is 1. The third kappa shape index (κ3) is 2.93. The highest BCUT2D eigenvalue weighted by atomic mass is 35.5. The standard InChI is InChI=1S/C11H11ClFNO5S/c12-8-2-1-7(13)5-10(8)20(17,18)14-3-4-19-9(6-14)11(15)16/h1-2,5,9H,3-4,6H2,(H,15,16). The maximum Gasteiger partial charge on any atom is 0.334 e. The molecule has 1 aliphatic heterocycles. The first-order valence-corrected chi connectivity index (χ1v) is 7.44. The number of morpholine rings is 1. The Morgan fingerprint density at radius 2 is 2.20 bits per heavy atom. The van der Waals surface area contributed by atoms with E-state index < -0.39 is 27.9 Å². The molecule has 1 saturated heterocycles. The summed E-state index contributed by atoms with van der Waals surface area (Å²) in [5, 5.41) is 8.74. The van der Waals surface area contributed by atoms with Gasteiger partial charge in [0.2, 0.25) is 10.0 Å². The van der Waals surface area contributed by atoms with E-state index in [0.29, 0.717) is 0 Å². The lowest BCUT2D eigenvalue weighted by molar-refractivity contribution is -0.153. The minimum absolute atomic E-state index is 0.0149. The number of aliphatic carboxylic acids is 1. The largest absolute Gasteiger partial charge is 0.479 e. The molecule has 1 fully saturated rings. The van der Waals surface area contributed by atoms with Crippen molar-refractivity contribution in [3.05, 3.63) is 29.0 Å². The van der Waals surface area contributed by atoms with Gasteiger partial charge in [0, 0.05) is 6.54 Å². The van der Waals surface area contributed by atoms with Gasteiger partial charge in [-0.15, -0.1) is 0 Å². The molecule has 20 heavy (non-hydrogen) atoms. The van der Waals surface area contributed by atoms with E-state index in [-0.39, 0.29) is 29.6 Å². The van der Waals surface area contributed by atoms with E-state index in [0.717, 1.165) is 22.5 Å². The van der Waals surface area contributed by atoms with Crippen LogP contribution in [0.4, 0.5) is 4.39 Å². The molecular formula is C11H11ClFNO5S.